The maximum absolute atomic E-state index is 12.6. The summed E-state index contributed by atoms with van der Waals surface area (Å²) in [6, 6.07) is 10.3. The molecule has 1 amide bonds. The number of carbonyl (C=O) groups is 1. The third kappa shape index (κ3) is 3.25. The summed E-state index contributed by atoms with van der Waals surface area (Å²) >= 11 is 0. The van der Waals surface area contributed by atoms with E-state index in [-0.39, 0.29) is 11.9 Å². The van der Waals surface area contributed by atoms with E-state index in [1.54, 1.807) is 7.11 Å². The molecule has 3 rings (SSSR count). The number of rotatable bonds is 5. The van der Waals surface area contributed by atoms with Gasteiger partial charge < -0.3 is 19.5 Å². The highest BCUT2D eigenvalue weighted by Gasteiger charge is 2.26. The molecule has 24 heavy (non-hydrogen) atoms. The first-order chi connectivity index (χ1) is 11.6. The van der Waals surface area contributed by atoms with Crippen molar-refractivity contribution < 1.29 is 9.53 Å². The van der Waals surface area contributed by atoms with Crippen LogP contribution in [0, 0.1) is 6.92 Å². The Balaban J connectivity index is 1.58. The van der Waals surface area contributed by atoms with E-state index in [0.29, 0.717) is 13.0 Å². The number of ether oxygens (including phenoxy) is 1. The molecule has 1 atom stereocenters. The Morgan fingerprint density at radius 2 is 2.17 bits per heavy atom. The molecule has 5 nitrogen and oxygen atoms in total. The van der Waals surface area contributed by atoms with Crippen LogP contribution in [-0.4, -0.2) is 35.6 Å². The maximum atomic E-state index is 12.6. The first-order valence-corrected chi connectivity index (χ1v) is 8.43. The normalized spacial score (nSPS) is 16.6. The van der Waals surface area contributed by atoms with Gasteiger partial charge >= 0.3 is 0 Å². The van der Waals surface area contributed by atoms with E-state index in [4.69, 9.17) is 4.74 Å². The zero-order valence-electron chi connectivity index (χ0n) is 14.6. The van der Waals surface area contributed by atoms with Gasteiger partial charge in [-0.1, -0.05) is 6.07 Å². The topological polar surface area (TPSA) is 46.5 Å². The molecule has 1 aromatic carbocycles. The highest BCUT2D eigenvalue weighted by Crippen LogP contribution is 2.27. The van der Waals surface area contributed by atoms with Crippen LogP contribution >= 0.6 is 0 Å². The molecule has 0 unspecified atom stereocenters. The Morgan fingerprint density at radius 1 is 1.33 bits per heavy atom. The molecule has 0 aliphatic carbocycles. The minimum absolute atomic E-state index is 0.134. The number of aryl methyl sites for hydroxylation is 1. The monoisotopic (exact) mass is 327 g/mol. The van der Waals surface area contributed by atoms with Crippen LogP contribution in [0.25, 0.3) is 0 Å². The van der Waals surface area contributed by atoms with E-state index in [9.17, 15) is 4.79 Å². The van der Waals surface area contributed by atoms with Gasteiger partial charge in [0.25, 0.3) is 0 Å². The van der Waals surface area contributed by atoms with Crippen molar-refractivity contribution in [1.29, 1.82) is 0 Å². The van der Waals surface area contributed by atoms with Gasteiger partial charge in [0.1, 0.15) is 5.75 Å². The van der Waals surface area contributed by atoms with Crippen molar-refractivity contribution in [3.8, 4) is 5.75 Å². The van der Waals surface area contributed by atoms with Crippen molar-refractivity contribution >= 4 is 11.6 Å². The number of benzene rings is 1. The van der Waals surface area contributed by atoms with Gasteiger partial charge in [-0.15, -0.1) is 0 Å². The summed E-state index contributed by atoms with van der Waals surface area (Å²) in [6.45, 7) is 6.38. The number of anilines is 1. The number of nitrogens with zero attached hydrogens (tertiary/aromatic N) is 2. The third-order valence-corrected chi connectivity index (χ3v) is 4.67. The number of aromatic nitrogens is 1. The van der Waals surface area contributed by atoms with Crippen LogP contribution in [-0.2, 0) is 11.3 Å². The lowest BCUT2D eigenvalue weighted by molar-refractivity contribution is -0.134. The lowest BCUT2D eigenvalue weighted by Crippen LogP contribution is -2.41. The fraction of sp³-hybridized carbons (Fsp3) is 0.421. The minimum atomic E-state index is 0.134. The highest BCUT2D eigenvalue weighted by molar-refractivity contribution is 5.77. The van der Waals surface area contributed by atoms with Crippen molar-refractivity contribution in [3.63, 3.8) is 0 Å². The molecule has 1 N–H and O–H groups in total. The van der Waals surface area contributed by atoms with Crippen LogP contribution < -0.4 is 10.1 Å². The molecule has 0 spiro atoms. The molecule has 1 aliphatic heterocycles. The number of carbonyl (C=O) groups excluding carboxylic acids is 1. The molecule has 0 radical (unpaired) electrons. The fourth-order valence-electron chi connectivity index (χ4n) is 3.33. The maximum Gasteiger partial charge on any atom is 0.224 e. The average molecular weight is 327 g/mol. The third-order valence-electron chi connectivity index (χ3n) is 4.67. The molecule has 1 aromatic heterocycles. The van der Waals surface area contributed by atoms with Crippen LogP contribution in [0.3, 0.4) is 0 Å². The minimum Gasteiger partial charge on any atom is -0.495 e. The van der Waals surface area contributed by atoms with Crippen molar-refractivity contribution in [2.24, 2.45) is 0 Å². The molecule has 0 saturated carbocycles. The first kappa shape index (κ1) is 16.4. The second kappa shape index (κ2) is 6.99. The van der Waals surface area contributed by atoms with Gasteiger partial charge in [0.15, 0.2) is 0 Å². The van der Waals surface area contributed by atoms with Crippen LogP contribution in [0.1, 0.15) is 30.6 Å². The average Bonchev–Trinajstić information content (AvgIpc) is 3.05. The summed E-state index contributed by atoms with van der Waals surface area (Å²) in [7, 11) is 1.66. The Labute approximate surface area is 143 Å². The number of methoxy groups -OCH3 is 1. The summed E-state index contributed by atoms with van der Waals surface area (Å²) in [5.41, 5.74) is 3.31. The number of fused-ring (bicyclic) bond motifs is 1. The largest absolute Gasteiger partial charge is 0.495 e. The van der Waals surface area contributed by atoms with Crippen LogP contribution in [0.15, 0.2) is 36.5 Å². The van der Waals surface area contributed by atoms with E-state index in [1.807, 2.05) is 36.1 Å². The zero-order chi connectivity index (χ0) is 17.1. The van der Waals surface area contributed by atoms with Gasteiger partial charge in [0.2, 0.25) is 5.91 Å². The lowest BCUT2D eigenvalue weighted by Gasteiger charge is -2.35. The second-order valence-corrected chi connectivity index (χ2v) is 6.27. The molecular weight excluding hydrogens is 302 g/mol. The van der Waals surface area contributed by atoms with Crippen molar-refractivity contribution in [2.75, 3.05) is 25.5 Å². The molecule has 0 bridgehead atoms. The van der Waals surface area contributed by atoms with Crippen molar-refractivity contribution in [3.05, 3.63) is 47.8 Å². The molecule has 2 heterocycles. The van der Waals surface area contributed by atoms with Gasteiger partial charge in [-0.25, -0.2) is 0 Å². The van der Waals surface area contributed by atoms with Gasteiger partial charge in [-0.3, -0.25) is 4.79 Å². The Kier molecular flexibility index (Phi) is 4.79. The van der Waals surface area contributed by atoms with Gasteiger partial charge in [0, 0.05) is 37.9 Å². The molecule has 128 valence electrons. The van der Waals surface area contributed by atoms with E-state index >= 15 is 0 Å². The summed E-state index contributed by atoms with van der Waals surface area (Å²) < 4.78 is 7.59. The standard InChI is InChI=1S/C19H25N3O2/c1-14-6-7-18(24-3)16(13-14)20-9-8-19(23)22-12-11-21-10-4-5-17(21)15(22)2/h4-7,10,13,15,20H,8-9,11-12H2,1-3H3/t15-/m1/s1. The summed E-state index contributed by atoms with van der Waals surface area (Å²) in [5.74, 6) is 0.992. The van der Waals surface area contributed by atoms with E-state index in [2.05, 4.69) is 29.1 Å². The molecule has 2 aromatic rings. The lowest BCUT2D eigenvalue weighted by atomic mass is 10.1. The van der Waals surface area contributed by atoms with Crippen LogP contribution in [0.2, 0.25) is 0 Å². The fourth-order valence-corrected chi connectivity index (χ4v) is 3.33. The van der Waals surface area contributed by atoms with E-state index in [1.165, 1.54) is 5.69 Å². The second-order valence-electron chi connectivity index (χ2n) is 6.27. The van der Waals surface area contributed by atoms with Crippen LogP contribution in [0.5, 0.6) is 5.75 Å². The van der Waals surface area contributed by atoms with E-state index < -0.39 is 0 Å². The number of amides is 1. The smallest absolute Gasteiger partial charge is 0.224 e. The van der Waals surface area contributed by atoms with Gasteiger partial charge in [0.05, 0.1) is 18.8 Å². The van der Waals surface area contributed by atoms with Gasteiger partial charge in [-0.05, 0) is 43.7 Å². The first-order valence-electron chi connectivity index (χ1n) is 8.43. The summed E-state index contributed by atoms with van der Waals surface area (Å²) in [4.78, 5) is 14.6. The van der Waals surface area contributed by atoms with Crippen LogP contribution in [0.4, 0.5) is 5.69 Å². The molecular formula is C19H25N3O2. The Bertz CT molecular complexity index is 723. The van der Waals surface area contributed by atoms with Gasteiger partial charge in [-0.2, -0.15) is 0 Å². The Hall–Kier alpha value is -2.43. The van der Waals surface area contributed by atoms with E-state index in [0.717, 1.165) is 30.1 Å². The molecule has 5 heteroatoms. The molecule has 1 aliphatic rings. The highest BCUT2D eigenvalue weighted by atomic mass is 16.5. The summed E-state index contributed by atoms with van der Waals surface area (Å²) in [5, 5.41) is 3.33. The molecule has 0 fully saturated rings. The SMILES string of the molecule is COc1ccc(C)cc1NCCC(=O)N1CCn2cccc2[C@H]1C. The van der Waals surface area contributed by atoms with Crippen molar-refractivity contribution in [1.82, 2.24) is 9.47 Å². The van der Waals surface area contributed by atoms with Crippen molar-refractivity contribution in [2.45, 2.75) is 32.9 Å². The number of hydrogen-bond donors (Lipinski definition) is 1. The Morgan fingerprint density at radius 3 is 2.96 bits per heavy atom. The number of nitrogens with one attached hydrogen (secondary N) is 1. The number of hydrogen-bond acceptors (Lipinski definition) is 3. The quantitative estimate of drug-likeness (QED) is 0.917. The predicted molar refractivity (Wildman–Crippen MR) is 95.4 cm³/mol. The predicted octanol–water partition coefficient (Wildman–Crippen LogP) is 3.21. The summed E-state index contributed by atoms with van der Waals surface area (Å²) in [6.07, 6.45) is 2.56. The zero-order valence-corrected chi connectivity index (χ0v) is 14.6. The molecule has 0 saturated heterocycles.